The predicted octanol–water partition coefficient (Wildman–Crippen LogP) is 3.56. The Morgan fingerprint density at radius 3 is 3.00 bits per heavy atom. The van der Waals surface area contributed by atoms with Crippen molar-refractivity contribution < 1.29 is 0 Å². The van der Waals surface area contributed by atoms with Crippen molar-refractivity contribution in [3.8, 4) is 0 Å². The van der Waals surface area contributed by atoms with Crippen LogP contribution < -0.4 is 0 Å². The molecule has 0 fully saturated rings. The minimum atomic E-state index is 0.479. The van der Waals surface area contributed by atoms with Crippen molar-refractivity contribution in [3.05, 3.63) is 41.2 Å². The van der Waals surface area contributed by atoms with E-state index < -0.39 is 0 Å². The number of allylic oxidation sites excluding steroid dienone is 2. The Labute approximate surface area is 83.4 Å². The number of pyridine rings is 1. The SMILES string of the molecule is Clc1cccc([C@@H]2C=CCCC2)n1. The third-order valence-electron chi connectivity index (χ3n) is 2.37. The van der Waals surface area contributed by atoms with Crippen LogP contribution in [-0.2, 0) is 0 Å². The van der Waals surface area contributed by atoms with E-state index in [2.05, 4.69) is 17.1 Å². The number of hydrogen-bond acceptors (Lipinski definition) is 1. The molecule has 1 nitrogen and oxygen atoms in total. The first-order valence-corrected chi connectivity index (χ1v) is 5.03. The highest BCUT2D eigenvalue weighted by Crippen LogP contribution is 2.26. The van der Waals surface area contributed by atoms with Crippen LogP contribution in [0.25, 0.3) is 0 Å². The van der Waals surface area contributed by atoms with Gasteiger partial charge in [0, 0.05) is 11.6 Å². The highest BCUT2D eigenvalue weighted by Gasteiger charge is 2.11. The van der Waals surface area contributed by atoms with Gasteiger partial charge in [-0.3, -0.25) is 0 Å². The van der Waals surface area contributed by atoms with Crippen molar-refractivity contribution in [1.82, 2.24) is 4.98 Å². The molecule has 0 unspecified atom stereocenters. The number of halogens is 1. The summed E-state index contributed by atoms with van der Waals surface area (Å²) in [6.45, 7) is 0. The van der Waals surface area contributed by atoms with E-state index in [4.69, 9.17) is 11.6 Å². The van der Waals surface area contributed by atoms with Crippen molar-refractivity contribution in [3.63, 3.8) is 0 Å². The lowest BCUT2D eigenvalue weighted by atomic mass is 9.93. The number of hydrogen-bond donors (Lipinski definition) is 0. The monoisotopic (exact) mass is 193 g/mol. The van der Waals surface area contributed by atoms with E-state index in [-0.39, 0.29) is 0 Å². The van der Waals surface area contributed by atoms with Gasteiger partial charge in [-0.1, -0.05) is 29.8 Å². The van der Waals surface area contributed by atoms with Crippen LogP contribution in [0.5, 0.6) is 0 Å². The fraction of sp³-hybridized carbons (Fsp3) is 0.364. The van der Waals surface area contributed by atoms with Crippen molar-refractivity contribution >= 4 is 11.6 Å². The zero-order chi connectivity index (χ0) is 9.10. The summed E-state index contributed by atoms with van der Waals surface area (Å²) < 4.78 is 0. The van der Waals surface area contributed by atoms with Crippen LogP contribution in [0.15, 0.2) is 30.4 Å². The molecule has 0 spiro atoms. The normalized spacial score (nSPS) is 21.8. The Balaban J connectivity index is 2.24. The summed E-state index contributed by atoms with van der Waals surface area (Å²) in [6.07, 6.45) is 8.13. The Morgan fingerprint density at radius 2 is 2.31 bits per heavy atom. The van der Waals surface area contributed by atoms with Crippen molar-refractivity contribution in [1.29, 1.82) is 0 Å². The molecule has 0 saturated carbocycles. The van der Waals surface area contributed by atoms with Crippen LogP contribution in [0.2, 0.25) is 5.15 Å². The third kappa shape index (κ3) is 2.10. The van der Waals surface area contributed by atoms with Gasteiger partial charge in [0.2, 0.25) is 0 Å². The Morgan fingerprint density at radius 1 is 1.38 bits per heavy atom. The minimum Gasteiger partial charge on any atom is -0.241 e. The maximum Gasteiger partial charge on any atom is 0.129 e. The minimum absolute atomic E-state index is 0.479. The molecule has 0 bridgehead atoms. The van der Waals surface area contributed by atoms with E-state index in [1.165, 1.54) is 19.3 Å². The fourth-order valence-electron chi connectivity index (χ4n) is 1.69. The largest absolute Gasteiger partial charge is 0.241 e. The summed E-state index contributed by atoms with van der Waals surface area (Å²) in [6, 6.07) is 5.83. The van der Waals surface area contributed by atoms with Crippen molar-refractivity contribution in [2.24, 2.45) is 0 Å². The van der Waals surface area contributed by atoms with E-state index in [1.54, 1.807) is 0 Å². The molecule has 1 aliphatic carbocycles. The summed E-state index contributed by atoms with van der Waals surface area (Å²) in [5.41, 5.74) is 1.10. The molecular weight excluding hydrogens is 182 g/mol. The summed E-state index contributed by atoms with van der Waals surface area (Å²) in [5.74, 6) is 0.479. The molecule has 1 aliphatic rings. The standard InChI is InChI=1S/C11H12ClN/c12-11-8-4-7-10(13-11)9-5-2-1-3-6-9/h2,4-5,7-9H,1,3,6H2/t9-/m1/s1. The van der Waals surface area contributed by atoms with Gasteiger partial charge in [-0.25, -0.2) is 4.98 Å². The van der Waals surface area contributed by atoms with Gasteiger partial charge in [-0.2, -0.15) is 0 Å². The van der Waals surface area contributed by atoms with Crippen LogP contribution in [0.4, 0.5) is 0 Å². The first-order valence-electron chi connectivity index (χ1n) is 4.65. The van der Waals surface area contributed by atoms with Crippen LogP contribution in [0.3, 0.4) is 0 Å². The molecule has 1 aromatic rings. The first kappa shape index (κ1) is 8.76. The summed E-state index contributed by atoms with van der Waals surface area (Å²) in [5, 5.41) is 0.594. The maximum atomic E-state index is 5.83. The average Bonchev–Trinajstić information content (AvgIpc) is 2.19. The van der Waals surface area contributed by atoms with Gasteiger partial charge in [0.05, 0.1) is 0 Å². The highest BCUT2D eigenvalue weighted by molar-refractivity contribution is 6.29. The second kappa shape index (κ2) is 3.93. The first-order chi connectivity index (χ1) is 6.36. The molecule has 0 N–H and O–H groups in total. The van der Waals surface area contributed by atoms with Crippen LogP contribution in [0.1, 0.15) is 30.9 Å². The molecule has 0 amide bonds. The van der Waals surface area contributed by atoms with E-state index in [9.17, 15) is 0 Å². The third-order valence-corrected chi connectivity index (χ3v) is 2.58. The molecule has 13 heavy (non-hydrogen) atoms. The summed E-state index contributed by atoms with van der Waals surface area (Å²) >= 11 is 5.83. The fourth-order valence-corrected chi connectivity index (χ4v) is 1.86. The summed E-state index contributed by atoms with van der Waals surface area (Å²) in [7, 11) is 0. The van der Waals surface area contributed by atoms with Gasteiger partial charge < -0.3 is 0 Å². The molecule has 1 heterocycles. The van der Waals surface area contributed by atoms with Crippen molar-refractivity contribution in [2.45, 2.75) is 25.2 Å². The molecule has 0 saturated heterocycles. The van der Waals surface area contributed by atoms with Gasteiger partial charge in [0.25, 0.3) is 0 Å². The number of aromatic nitrogens is 1. The zero-order valence-electron chi connectivity index (χ0n) is 7.41. The van der Waals surface area contributed by atoms with Crippen LogP contribution in [0, 0.1) is 0 Å². The molecule has 1 atom stereocenters. The van der Waals surface area contributed by atoms with Gasteiger partial charge in [-0.15, -0.1) is 0 Å². The molecule has 0 aliphatic heterocycles. The van der Waals surface area contributed by atoms with Crippen LogP contribution >= 0.6 is 11.6 Å². The van der Waals surface area contributed by atoms with Gasteiger partial charge >= 0.3 is 0 Å². The average molecular weight is 194 g/mol. The predicted molar refractivity (Wildman–Crippen MR) is 55.0 cm³/mol. The quantitative estimate of drug-likeness (QED) is 0.491. The van der Waals surface area contributed by atoms with Gasteiger partial charge in [-0.05, 0) is 31.4 Å². The van der Waals surface area contributed by atoms with Gasteiger partial charge in [0.15, 0.2) is 0 Å². The lowest BCUT2D eigenvalue weighted by molar-refractivity contribution is 0.641. The molecule has 68 valence electrons. The number of rotatable bonds is 1. The zero-order valence-corrected chi connectivity index (χ0v) is 8.17. The Hall–Kier alpha value is -0.820. The molecule has 1 aromatic heterocycles. The molecular formula is C11H12ClN. The van der Waals surface area contributed by atoms with E-state index in [0.717, 1.165) is 5.69 Å². The lowest BCUT2D eigenvalue weighted by Crippen LogP contribution is -2.01. The topological polar surface area (TPSA) is 12.9 Å². The molecule has 0 radical (unpaired) electrons. The van der Waals surface area contributed by atoms with Crippen LogP contribution in [-0.4, -0.2) is 4.98 Å². The second-order valence-corrected chi connectivity index (χ2v) is 3.74. The van der Waals surface area contributed by atoms with E-state index in [0.29, 0.717) is 11.1 Å². The second-order valence-electron chi connectivity index (χ2n) is 3.35. The van der Waals surface area contributed by atoms with Gasteiger partial charge in [0.1, 0.15) is 5.15 Å². The van der Waals surface area contributed by atoms with E-state index >= 15 is 0 Å². The Kier molecular flexibility index (Phi) is 2.65. The Bertz CT molecular complexity index is 320. The maximum absolute atomic E-state index is 5.83. The number of nitrogens with zero attached hydrogens (tertiary/aromatic N) is 1. The molecule has 2 heteroatoms. The molecule has 2 rings (SSSR count). The smallest absolute Gasteiger partial charge is 0.129 e. The molecule has 0 aromatic carbocycles. The highest BCUT2D eigenvalue weighted by atomic mass is 35.5. The lowest BCUT2D eigenvalue weighted by Gasteiger charge is -2.15. The van der Waals surface area contributed by atoms with E-state index in [1.807, 2.05) is 18.2 Å². The van der Waals surface area contributed by atoms with Crippen molar-refractivity contribution in [2.75, 3.05) is 0 Å². The summed E-state index contributed by atoms with van der Waals surface area (Å²) in [4.78, 5) is 4.31.